The van der Waals surface area contributed by atoms with E-state index in [1.165, 1.54) is 38.5 Å². The fourth-order valence-corrected chi connectivity index (χ4v) is 2.90. The lowest BCUT2D eigenvalue weighted by Crippen LogP contribution is -2.21. The number of aryl methyl sites for hydroxylation is 1. The van der Waals surface area contributed by atoms with E-state index in [0.29, 0.717) is 5.92 Å². The molecule has 1 aliphatic carbocycles. The second kappa shape index (κ2) is 5.63. The van der Waals surface area contributed by atoms with Gasteiger partial charge in [0.25, 0.3) is 0 Å². The molecule has 0 radical (unpaired) electrons. The van der Waals surface area contributed by atoms with Gasteiger partial charge in [0.1, 0.15) is 5.82 Å². The second-order valence-electron chi connectivity index (χ2n) is 5.34. The maximum atomic E-state index is 13.4. The van der Waals surface area contributed by atoms with Crippen molar-refractivity contribution in [3.63, 3.8) is 0 Å². The number of hydrogen-bond acceptors (Lipinski definition) is 1. The molecule has 0 aromatic heterocycles. The van der Waals surface area contributed by atoms with Crippen molar-refractivity contribution in [1.82, 2.24) is 0 Å². The van der Waals surface area contributed by atoms with Gasteiger partial charge in [-0.05, 0) is 48.9 Å². The molecule has 2 rings (SSSR count). The molecule has 1 aromatic carbocycles. The summed E-state index contributed by atoms with van der Waals surface area (Å²) < 4.78 is 13.4. The van der Waals surface area contributed by atoms with E-state index in [2.05, 4.69) is 0 Å². The van der Waals surface area contributed by atoms with Crippen molar-refractivity contribution in [2.45, 2.75) is 51.5 Å². The molecular formula is C15H22FN. The fourth-order valence-electron chi connectivity index (χ4n) is 2.90. The first kappa shape index (κ1) is 12.6. The van der Waals surface area contributed by atoms with E-state index in [1.54, 1.807) is 12.1 Å². The molecule has 0 amide bonds. The van der Waals surface area contributed by atoms with E-state index in [0.717, 1.165) is 11.1 Å². The van der Waals surface area contributed by atoms with Crippen LogP contribution in [-0.2, 0) is 0 Å². The lowest BCUT2D eigenvalue weighted by atomic mass is 9.87. The van der Waals surface area contributed by atoms with Gasteiger partial charge in [0, 0.05) is 6.04 Å². The van der Waals surface area contributed by atoms with Crippen molar-refractivity contribution in [3.8, 4) is 0 Å². The molecule has 2 heteroatoms. The van der Waals surface area contributed by atoms with E-state index < -0.39 is 0 Å². The lowest BCUT2D eigenvalue weighted by Gasteiger charge is -2.23. The third kappa shape index (κ3) is 3.29. The summed E-state index contributed by atoms with van der Waals surface area (Å²) >= 11 is 0. The summed E-state index contributed by atoms with van der Waals surface area (Å²) in [7, 11) is 0. The lowest BCUT2D eigenvalue weighted by molar-refractivity contribution is 0.381. The predicted molar refractivity (Wildman–Crippen MR) is 69.3 cm³/mol. The highest BCUT2D eigenvalue weighted by molar-refractivity contribution is 5.26. The van der Waals surface area contributed by atoms with Crippen LogP contribution in [0.3, 0.4) is 0 Å². The summed E-state index contributed by atoms with van der Waals surface area (Å²) in [5.41, 5.74) is 8.24. The molecule has 2 N–H and O–H groups in total. The maximum absolute atomic E-state index is 13.4. The zero-order valence-electron chi connectivity index (χ0n) is 10.6. The normalized spacial score (nSPS) is 19.9. The third-order valence-corrected chi connectivity index (χ3v) is 3.86. The molecule has 0 spiro atoms. The average molecular weight is 235 g/mol. The number of nitrogens with two attached hydrogens (primary N) is 1. The zero-order chi connectivity index (χ0) is 12.3. The van der Waals surface area contributed by atoms with Crippen LogP contribution >= 0.6 is 0 Å². The third-order valence-electron chi connectivity index (χ3n) is 3.86. The molecule has 0 saturated heterocycles. The van der Waals surface area contributed by atoms with Crippen molar-refractivity contribution < 1.29 is 4.39 Å². The molecule has 1 unspecified atom stereocenters. The maximum Gasteiger partial charge on any atom is 0.123 e. The van der Waals surface area contributed by atoms with Crippen molar-refractivity contribution in [2.24, 2.45) is 11.7 Å². The molecule has 1 nitrogen and oxygen atoms in total. The van der Waals surface area contributed by atoms with Gasteiger partial charge in [-0.15, -0.1) is 0 Å². The van der Waals surface area contributed by atoms with Crippen molar-refractivity contribution in [1.29, 1.82) is 0 Å². The fraction of sp³-hybridized carbons (Fsp3) is 0.600. The number of benzene rings is 1. The molecule has 0 bridgehead atoms. The Bertz CT molecular complexity index is 347. The quantitative estimate of drug-likeness (QED) is 0.767. The van der Waals surface area contributed by atoms with Crippen LogP contribution in [0, 0.1) is 18.7 Å². The van der Waals surface area contributed by atoms with Crippen LogP contribution in [0.4, 0.5) is 4.39 Å². The Morgan fingerprint density at radius 2 is 1.76 bits per heavy atom. The monoisotopic (exact) mass is 235 g/mol. The summed E-state index contributed by atoms with van der Waals surface area (Å²) in [5, 5.41) is 0. The van der Waals surface area contributed by atoms with Gasteiger partial charge >= 0.3 is 0 Å². The first-order chi connectivity index (χ1) is 8.16. The first-order valence-corrected chi connectivity index (χ1v) is 6.69. The number of rotatable bonds is 2. The molecule has 1 atom stereocenters. The topological polar surface area (TPSA) is 26.0 Å². The minimum Gasteiger partial charge on any atom is -0.324 e. The first-order valence-electron chi connectivity index (χ1n) is 6.69. The smallest absolute Gasteiger partial charge is 0.123 e. The molecule has 1 saturated carbocycles. The Kier molecular flexibility index (Phi) is 4.16. The van der Waals surface area contributed by atoms with Crippen LogP contribution in [0.15, 0.2) is 18.2 Å². The highest BCUT2D eigenvalue weighted by Crippen LogP contribution is 2.32. The molecule has 0 aliphatic heterocycles. The van der Waals surface area contributed by atoms with Crippen LogP contribution < -0.4 is 5.73 Å². The van der Waals surface area contributed by atoms with Crippen LogP contribution in [0.25, 0.3) is 0 Å². The molecule has 94 valence electrons. The van der Waals surface area contributed by atoms with Gasteiger partial charge in [-0.3, -0.25) is 0 Å². The molecular weight excluding hydrogens is 213 g/mol. The van der Waals surface area contributed by atoms with E-state index in [1.807, 2.05) is 13.0 Å². The highest BCUT2D eigenvalue weighted by Gasteiger charge is 2.21. The summed E-state index contributed by atoms with van der Waals surface area (Å²) in [6.45, 7) is 1.92. The van der Waals surface area contributed by atoms with Crippen molar-refractivity contribution >= 4 is 0 Å². The molecule has 1 aliphatic rings. The summed E-state index contributed by atoms with van der Waals surface area (Å²) in [5.74, 6) is 0.364. The Morgan fingerprint density at radius 1 is 1.12 bits per heavy atom. The average Bonchev–Trinajstić information content (AvgIpc) is 2.55. The minimum atomic E-state index is -0.163. The van der Waals surface area contributed by atoms with Crippen molar-refractivity contribution in [3.05, 3.63) is 35.1 Å². The van der Waals surface area contributed by atoms with Gasteiger partial charge < -0.3 is 5.73 Å². The minimum absolute atomic E-state index is 0.00231. The van der Waals surface area contributed by atoms with Crippen LogP contribution in [0.5, 0.6) is 0 Å². The summed E-state index contributed by atoms with van der Waals surface area (Å²) in [6.07, 6.45) is 7.57. The van der Waals surface area contributed by atoms with Gasteiger partial charge in [-0.1, -0.05) is 31.7 Å². The molecule has 1 fully saturated rings. The molecule has 17 heavy (non-hydrogen) atoms. The van der Waals surface area contributed by atoms with Gasteiger partial charge in [0.15, 0.2) is 0 Å². The van der Waals surface area contributed by atoms with E-state index in [9.17, 15) is 4.39 Å². The van der Waals surface area contributed by atoms with E-state index in [4.69, 9.17) is 5.73 Å². The van der Waals surface area contributed by atoms with Gasteiger partial charge in [0.2, 0.25) is 0 Å². The highest BCUT2D eigenvalue weighted by atomic mass is 19.1. The second-order valence-corrected chi connectivity index (χ2v) is 5.34. The van der Waals surface area contributed by atoms with E-state index in [-0.39, 0.29) is 11.9 Å². The zero-order valence-corrected chi connectivity index (χ0v) is 10.6. The van der Waals surface area contributed by atoms with Gasteiger partial charge in [0.05, 0.1) is 0 Å². The number of halogens is 1. The standard InChI is InChI=1S/C15H22FN/c1-11-8-13(10-14(16)9-11)15(17)12-6-4-2-3-5-7-12/h8-10,12,15H,2-7,17H2,1H3. The Hall–Kier alpha value is -0.890. The summed E-state index contributed by atoms with van der Waals surface area (Å²) in [6, 6.07) is 5.19. The van der Waals surface area contributed by atoms with Gasteiger partial charge in [-0.2, -0.15) is 0 Å². The number of hydrogen-bond donors (Lipinski definition) is 1. The Labute approximate surface area is 103 Å². The summed E-state index contributed by atoms with van der Waals surface area (Å²) in [4.78, 5) is 0. The largest absolute Gasteiger partial charge is 0.324 e. The molecule has 0 heterocycles. The van der Waals surface area contributed by atoms with Crippen LogP contribution in [0.2, 0.25) is 0 Å². The van der Waals surface area contributed by atoms with Crippen LogP contribution in [-0.4, -0.2) is 0 Å². The van der Waals surface area contributed by atoms with Gasteiger partial charge in [-0.25, -0.2) is 4.39 Å². The SMILES string of the molecule is Cc1cc(F)cc(C(N)C2CCCCCC2)c1. The predicted octanol–water partition coefficient (Wildman–Crippen LogP) is 4.10. The van der Waals surface area contributed by atoms with Crippen LogP contribution in [0.1, 0.15) is 55.7 Å². The van der Waals surface area contributed by atoms with E-state index >= 15 is 0 Å². The van der Waals surface area contributed by atoms with Crippen molar-refractivity contribution in [2.75, 3.05) is 0 Å². The molecule has 1 aromatic rings. The Morgan fingerprint density at radius 3 is 2.35 bits per heavy atom. The Balaban J connectivity index is 2.14.